The monoisotopic (exact) mass is 317 g/mol. The number of likely N-dealkylation sites (tertiary alicyclic amines) is 1. The fourth-order valence-corrected chi connectivity index (χ4v) is 3.73. The van der Waals surface area contributed by atoms with E-state index in [1.807, 2.05) is 23.2 Å². The number of aromatic nitrogens is 1. The van der Waals surface area contributed by atoms with Crippen LogP contribution in [0.1, 0.15) is 31.2 Å². The molecule has 3 heterocycles. The van der Waals surface area contributed by atoms with Gasteiger partial charge in [-0.05, 0) is 55.6 Å². The zero-order valence-electron chi connectivity index (χ0n) is 13.7. The van der Waals surface area contributed by atoms with Gasteiger partial charge < -0.3 is 15.0 Å². The summed E-state index contributed by atoms with van der Waals surface area (Å²) in [6.45, 7) is 4.28. The Morgan fingerprint density at radius 2 is 1.96 bits per heavy atom. The van der Waals surface area contributed by atoms with Gasteiger partial charge in [-0.15, -0.1) is 0 Å². The Kier molecular flexibility index (Phi) is 5.86. The highest BCUT2D eigenvalue weighted by atomic mass is 16.5. The van der Waals surface area contributed by atoms with Gasteiger partial charge in [0.25, 0.3) is 0 Å². The van der Waals surface area contributed by atoms with E-state index in [0.29, 0.717) is 6.54 Å². The van der Waals surface area contributed by atoms with Crippen molar-refractivity contribution in [1.82, 2.24) is 15.2 Å². The van der Waals surface area contributed by atoms with Crippen LogP contribution in [0, 0.1) is 11.8 Å². The van der Waals surface area contributed by atoms with Crippen molar-refractivity contribution < 1.29 is 9.53 Å². The minimum absolute atomic E-state index is 0.0827. The molecule has 5 nitrogen and oxygen atoms in total. The van der Waals surface area contributed by atoms with E-state index in [0.717, 1.165) is 63.0 Å². The number of carbonyl (C=O) groups is 1. The van der Waals surface area contributed by atoms with E-state index in [1.165, 1.54) is 12.8 Å². The van der Waals surface area contributed by atoms with E-state index < -0.39 is 0 Å². The molecule has 126 valence electrons. The SMILES string of the molecule is O=C(NCCc1cccnc1)N1CCC(C2CCOCC2)CC1. The fraction of sp³-hybridized carbons (Fsp3) is 0.667. The quantitative estimate of drug-likeness (QED) is 0.928. The number of nitrogens with zero attached hydrogens (tertiary/aromatic N) is 2. The van der Waals surface area contributed by atoms with E-state index in [2.05, 4.69) is 10.3 Å². The molecule has 1 aromatic rings. The van der Waals surface area contributed by atoms with E-state index in [1.54, 1.807) is 6.20 Å². The van der Waals surface area contributed by atoms with Gasteiger partial charge in [0, 0.05) is 45.2 Å². The van der Waals surface area contributed by atoms with Gasteiger partial charge in [-0.25, -0.2) is 4.79 Å². The van der Waals surface area contributed by atoms with Crippen LogP contribution in [0.5, 0.6) is 0 Å². The third-order valence-electron chi connectivity index (χ3n) is 5.17. The van der Waals surface area contributed by atoms with Crippen molar-refractivity contribution in [3.63, 3.8) is 0 Å². The summed E-state index contributed by atoms with van der Waals surface area (Å²) in [7, 11) is 0. The van der Waals surface area contributed by atoms with Crippen LogP contribution >= 0.6 is 0 Å². The molecule has 1 aromatic heterocycles. The van der Waals surface area contributed by atoms with Crippen LogP contribution in [0.3, 0.4) is 0 Å². The molecule has 0 saturated carbocycles. The third kappa shape index (κ3) is 4.67. The molecule has 0 unspecified atom stereocenters. The predicted molar refractivity (Wildman–Crippen MR) is 89.2 cm³/mol. The normalized spacial score (nSPS) is 20.4. The number of amides is 2. The molecule has 2 aliphatic heterocycles. The summed E-state index contributed by atoms with van der Waals surface area (Å²) in [6.07, 6.45) is 9.12. The van der Waals surface area contributed by atoms with Crippen LogP contribution in [-0.4, -0.2) is 48.8 Å². The number of carbonyl (C=O) groups excluding carboxylic acids is 1. The van der Waals surface area contributed by atoms with E-state index in [4.69, 9.17) is 4.74 Å². The minimum atomic E-state index is 0.0827. The average molecular weight is 317 g/mol. The van der Waals surface area contributed by atoms with E-state index >= 15 is 0 Å². The van der Waals surface area contributed by atoms with Gasteiger partial charge in [0.1, 0.15) is 0 Å². The summed E-state index contributed by atoms with van der Waals surface area (Å²) < 4.78 is 5.45. The standard InChI is InChI=1S/C18H27N3O2/c22-18(20-9-3-15-2-1-8-19-14-15)21-10-4-16(5-11-21)17-6-12-23-13-7-17/h1-2,8,14,16-17H,3-7,9-13H2,(H,20,22). The average Bonchev–Trinajstić information content (AvgIpc) is 2.63. The third-order valence-corrected chi connectivity index (χ3v) is 5.17. The first-order valence-electron chi connectivity index (χ1n) is 8.82. The van der Waals surface area contributed by atoms with Crippen molar-refractivity contribution in [3.8, 4) is 0 Å². The number of hydrogen-bond donors (Lipinski definition) is 1. The highest BCUT2D eigenvalue weighted by Crippen LogP contribution is 2.31. The highest BCUT2D eigenvalue weighted by Gasteiger charge is 2.29. The molecular formula is C18H27N3O2. The van der Waals surface area contributed by atoms with Gasteiger partial charge in [0.15, 0.2) is 0 Å². The summed E-state index contributed by atoms with van der Waals surface area (Å²) in [5, 5.41) is 3.03. The molecule has 0 radical (unpaired) electrons. The molecule has 5 heteroatoms. The van der Waals surface area contributed by atoms with Crippen LogP contribution in [0.2, 0.25) is 0 Å². The Balaban J connectivity index is 1.36. The van der Waals surface area contributed by atoms with Gasteiger partial charge in [-0.3, -0.25) is 4.98 Å². The first-order chi connectivity index (χ1) is 11.3. The first-order valence-corrected chi connectivity index (χ1v) is 8.82. The molecular weight excluding hydrogens is 290 g/mol. The smallest absolute Gasteiger partial charge is 0.317 e. The lowest BCUT2D eigenvalue weighted by Crippen LogP contribution is -2.46. The summed E-state index contributed by atoms with van der Waals surface area (Å²) in [4.78, 5) is 18.3. The Labute approximate surface area is 138 Å². The molecule has 1 N–H and O–H groups in total. The molecule has 0 bridgehead atoms. The maximum absolute atomic E-state index is 12.3. The highest BCUT2D eigenvalue weighted by molar-refractivity contribution is 5.74. The Morgan fingerprint density at radius 3 is 2.65 bits per heavy atom. The molecule has 2 aliphatic rings. The molecule has 2 saturated heterocycles. The number of nitrogens with one attached hydrogen (secondary N) is 1. The summed E-state index contributed by atoms with van der Waals surface area (Å²) in [6, 6.07) is 4.05. The number of pyridine rings is 1. The van der Waals surface area contributed by atoms with Crippen LogP contribution in [0.4, 0.5) is 4.79 Å². The minimum Gasteiger partial charge on any atom is -0.381 e. The van der Waals surface area contributed by atoms with Gasteiger partial charge in [0.05, 0.1) is 0 Å². The second-order valence-corrected chi connectivity index (χ2v) is 6.62. The van der Waals surface area contributed by atoms with Crippen molar-refractivity contribution in [2.75, 3.05) is 32.8 Å². The Bertz CT molecular complexity index is 480. The molecule has 3 rings (SSSR count). The number of urea groups is 1. The fourth-order valence-electron chi connectivity index (χ4n) is 3.73. The molecule has 0 atom stereocenters. The maximum atomic E-state index is 12.3. The molecule has 0 spiro atoms. The predicted octanol–water partition coefficient (Wildman–Crippen LogP) is 2.47. The Hall–Kier alpha value is -1.62. The lowest BCUT2D eigenvalue weighted by Gasteiger charge is -2.37. The van der Waals surface area contributed by atoms with Crippen LogP contribution in [0.15, 0.2) is 24.5 Å². The van der Waals surface area contributed by atoms with Gasteiger partial charge in [0.2, 0.25) is 0 Å². The van der Waals surface area contributed by atoms with Crippen molar-refractivity contribution in [2.45, 2.75) is 32.1 Å². The molecule has 0 aliphatic carbocycles. The van der Waals surface area contributed by atoms with Crippen LogP contribution in [-0.2, 0) is 11.2 Å². The van der Waals surface area contributed by atoms with Crippen LogP contribution in [0.25, 0.3) is 0 Å². The zero-order chi connectivity index (χ0) is 15.9. The number of rotatable bonds is 4. The van der Waals surface area contributed by atoms with Crippen LogP contribution < -0.4 is 5.32 Å². The maximum Gasteiger partial charge on any atom is 0.317 e. The van der Waals surface area contributed by atoms with Gasteiger partial charge in [-0.1, -0.05) is 6.07 Å². The molecule has 0 aromatic carbocycles. The summed E-state index contributed by atoms with van der Waals surface area (Å²) >= 11 is 0. The van der Waals surface area contributed by atoms with E-state index in [9.17, 15) is 4.79 Å². The topological polar surface area (TPSA) is 54.5 Å². The summed E-state index contributed by atoms with van der Waals surface area (Å²) in [5.41, 5.74) is 1.16. The zero-order valence-corrected chi connectivity index (χ0v) is 13.7. The van der Waals surface area contributed by atoms with Crippen molar-refractivity contribution >= 4 is 6.03 Å². The lowest BCUT2D eigenvalue weighted by atomic mass is 9.80. The molecule has 2 amide bonds. The first kappa shape index (κ1) is 16.2. The van der Waals surface area contributed by atoms with Gasteiger partial charge >= 0.3 is 6.03 Å². The van der Waals surface area contributed by atoms with Gasteiger partial charge in [-0.2, -0.15) is 0 Å². The molecule has 2 fully saturated rings. The number of piperidine rings is 1. The lowest BCUT2D eigenvalue weighted by molar-refractivity contribution is 0.0336. The van der Waals surface area contributed by atoms with Crippen molar-refractivity contribution in [2.24, 2.45) is 11.8 Å². The second-order valence-electron chi connectivity index (χ2n) is 6.62. The Morgan fingerprint density at radius 1 is 1.22 bits per heavy atom. The van der Waals surface area contributed by atoms with Crippen molar-refractivity contribution in [3.05, 3.63) is 30.1 Å². The number of ether oxygens (including phenoxy) is 1. The molecule has 23 heavy (non-hydrogen) atoms. The second kappa shape index (κ2) is 8.29. The van der Waals surface area contributed by atoms with Crippen molar-refractivity contribution in [1.29, 1.82) is 0 Å². The van der Waals surface area contributed by atoms with E-state index in [-0.39, 0.29) is 6.03 Å². The largest absolute Gasteiger partial charge is 0.381 e. The summed E-state index contributed by atoms with van der Waals surface area (Å²) in [5.74, 6) is 1.58. The number of hydrogen-bond acceptors (Lipinski definition) is 3.